The number of hydrogen-bond donors (Lipinski definition) is 0. The summed E-state index contributed by atoms with van der Waals surface area (Å²) in [7, 11) is 0. The lowest BCUT2D eigenvalue weighted by Gasteiger charge is -2.18. The zero-order valence-electron chi connectivity index (χ0n) is 21.8. The predicted octanol–water partition coefficient (Wildman–Crippen LogP) is 4.21. The Hall–Kier alpha value is -3.73. The van der Waals surface area contributed by atoms with Gasteiger partial charge in [-0.15, -0.1) is 0 Å². The highest BCUT2D eigenvalue weighted by Gasteiger charge is 2.25. The molecule has 3 aromatic heterocycles. The molecule has 5 rings (SSSR count). The maximum Gasteiger partial charge on any atom is 0.341 e. The number of esters is 1. The van der Waals surface area contributed by atoms with Crippen molar-refractivity contribution < 1.29 is 23.8 Å². The molecule has 1 aromatic carbocycles. The molecule has 0 bridgehead atoms. The van der Waals surface area contributed by atoms with Crippen LogP contribution in [0, 0.1) is 0 Å². The van der Waals surface area contributed by atoms with Gasteiger partial charge in [-0.3, -0.25) is 14.0 Å². The van der Waals surface area contributed by atoms with E-state index in [2.05, 4.69) is 4.99 Å². The first kappa shape index (κ1) is 27.8. The second-order valence-electron chi connectivity index (χ2n) is 9.22. The van der Waals surface area contributed by atoms with Crippen LogP contribution in [-0.2, 0) is 20.8 Å². The maximum absolute atomic E-state index is 13.5. The van der Waals surface area contributed by atoms with Gasteiger partial charge in [-0.1, -0.05) is 29.3 Å². The fourth-order valence-corrected chi connectivity index (χ4v) is 4.98. The van der Waals surface area contributed by atoms with Crippen LogP contribution in [0.4, 0.5) is 0 Å². The van der Waals surface area contributed by atoms with Crippen molar-refractivity contribution in [1.82, 2.24) is 14.0 Å². The van der Waals surface area contributed by atoms with E-state index in [9.17, 15) is 14.4 Å². The standard InChI is InChI=1S/C28H26Cl2N4O6/c1-3-38-28(37)20-14-19-24(31-23-8-4-5-11-33(23)27(19)36)34(15-18-7-6-12-39-18)25(20)32-26(35)16(2)40-22-10-9-17(29)13-21(22)30/h4-5,8-11,13-14,16,18H,3,6-7,12,15H2,1-2H3. The minimum atomic E-state index is -1.07. The first-order chi connectivity index (χ1) is 19.3. The summed E-state index contributed by atoms with van der Waals surface area (Å²) in [6, 6.07) is 11.2. The third-order valence-electron chi connectivity index (χ3n) is 6.46. The largest absolute Gasteiger partial charge is 0.479 e. The van der Waals surface area contributed by atoms with Gasteiger partial charge in [0.1, 0.15) is 22.6 Å². The number of benzene rings is 1. The van der Waals surface area contributed by atoms with Gasteiger partial charge < -0.3 is 18.8 Å². The van der Waals surface area contributed by atoms with Crippen LogP contribution in [0.5, 0.6) is 5.75 Å². The molecule has 1 aliphatic rings. The average molecular weight is 585 g/mol. The van der Waals surface area contributed by atoms with Crippen molar-refractivity contribution >= 4 is 51.8 Å². The monoisotopic (exact) mass is 584 g/mol. The van der Waals surface area contributed by atoms with Crippen molar-refractivity contribution in [2.75, 3.05) is 13.2 Å². The molecular weight excluding hydrogens is 559 g/mol. The van der Waals surface area contributed by atoms with Crippen molar-refractivity contribution in [3.05, 3.63) is 80.1 Å². The van der Waals surface area contributed by atoms with Gasteiger partial charge >= 0.3 is 5.97 Å². The summed E-state index contributed by atoms with van der Waals surface area (Å²) in [5, 5.41) is 0.825. The molecule has 208 valence electrons. The Morgan fingerprint density at radius 2 is 2.05 bits per heavy atom. The molecule has 2 atom stereocenters. The smallest absolute Gasteiger partial charge is 0.341 e. The molecule has 1 saturated heterocycles. The lowest BCUT2D eigenvalue weighted by Crippen LogP contribution is -2.36. The molecule has 10 nitrogen and oxygen atoms in total. The number of hydrogen-bond acceptors (Lipinski definition) is 7. The number of ether oxygens (including phenoxy) is 3. The minimum Gasteiger partial charge on any atom is -0.479 e. The summed E-state index contributed by atoms with van der Waals surface area (Å²) in [5.74, 6) is -1.17. The molecule has 4 aromatic rings. The van der Waals surface area contributed by atoms with Crippen molar-refractivity contribution in [3.8, 4) is 5.75 Å². The van der Waals surface area contributed by atoms with Gasteiger partial charge in [0.2, 0.25) is 0 Å². The van der Waals surface area contributed by atoms with Crippen LogP contribution in [0.2, 0.25) is 10.0 Å². The number of amides is 1. The van der Waals surface area contributed by atoms with Crippen LogP contribution in [0.15, 0.2) is 58.4 Å². The molecular formula is C28H26Cl2N4O6. The van der Waals surface area contributed by atoms with E-state index in [1.807, 2.05) is 0 Å². The number of carbonyl (C=O) groups is 2. The molecule has 0 spiro atoms. The van der Waals surface area contributed by atoms with Gasteiger partial charge in [-0.2, -0.15) is 4.99 Å². The van der Waals surface area contributed by atoms with Crippen molar-refractivity contribution in [3.63, 3.8) is 0 Å². The Morgan fingerprint density at radius 1 is 1.23 bits per heavy atom. The van der Waals surface area contributed by atoms with Crippen molar-refractivity contribution in [2.24, 2.45) is 4.99 Å². The number of halogens is 2. The lowest BCUT2D eigenvalue weighted by atomic mass is 10.2. The fraction of sp³-hybridized carbons (Fsp3) is 0.321. The van der Waals surface area contributed by atoms with Gasteiger partial charge in [0, 0.05) is 17.8 Å². The zero-order valence-corrected chi connectivity index (χ0v) is 23.3. The first-order valence-corrected chi connectivity index (χ1v) is 13.6. The molecule has 2 unspecified atom stereocenters. The molecule has 1 amide bonds. The molecule has 1 fully saturated rings. The van der Waals surface area contributed by atoms with Gasteiger partial charge in [0.25, 0.3) is 11.5 Å². The Bertz CT molecular complexity index is 1740. The molecule has 0 radical (unpaired) electrons. The number of carbonyl (C=O) groups excluding carboxylic acids is 2. The first-order valence-electron chi connectivity index (χ1n) is 12.8. The minimum absolute atomic E-state index is 0.00344. The highest BCUT2D eigenvalue weighted by molar-refractivity contribution is 6.35. The summed E-state index contributed by atoms with van der Waals surface area (Å²) in [6.07, 6.45) is 1.91. The number of pyridine rings is 2. The fourth-order valence-electron chi connectivity index (χ4n) is 4.53. The average Bonchev–Trinajstić information content (AvgIpc) is 3.45. The van der Waals surface area contributed by atoms with E-state index in [0.29, 0.717) is 17.3 Å². The zero-order chi connectivity index (χ0) is 28.4. The topological polar surface area (TPSA) is 113 Å². The van der Waals surface area contributed by atoms with E-state index in [4.69, 9.17) is 42.4 Å². The van der Waals surface area contributed by atoms with Crippen LogP contribution in [0.25, 0.3) is 16.7 Å². The van der Waals surface area contributed by atoms with Crippen LogP contribution < -0.4 is 15.8 Å². The highest BCUT2D eigenvalue weighted by Crippen LogP contribution is 2.28. The van der Waals surface area contributed by atoms with Gasteiger partial charge in [-0.25, -0.2) is 9.78 Å². The normalized spacial score (nSPS) is 16.4. The van der Waals surface area contributed by atoms with E-state index in [0.717, 1.165) is 12.8 Å². The molecule has 0 saturated carbocycles. The summed E-state index contributed by atoms with van der Waals surface area (Å²) < 4.78 is 19.9. The van der Waals surface area contributed by atoms with Crippen LogP contribution >= 0.6 is 23.2 Å². The van der Waals surface area contributed by atoms with Crippen molar-refractivity contribution in [2.45, 2.75) is 45.4 Å². The molecule has 1 aliphatic heterocycles. The SMILES string of the molecule is CCOC(=O)c1cc2c(=O)n3ccccc3nc2n(CC2CCCO2)c1=NC(=O)C(C)Oc1ccc(Cl)cc1Cl. The molecule has 0 aliphatic carbocycles. The van der Waals surface area contributed by atoms with E-state index in [-0.39, 0.29) is 57.7 Å². The third kappa shape index (κ3) is 5.60. The lowest BCUT2D eigenvalue weighted by molar-refractivity contribution is -0.124. The van der Waals surface area contributed by atoms with Crippen LogP contribution in [-0.4, -0.2) is 51.2 Å². The van der Waals surface area contributed by atoms with E-state index in [1.54, 1.807) is 48.0 Å². The Morgan fingerprint density at radius 3 is 2.77 bits per heavy atom. The van der Waals surface area contributed by atoms with E-state index in [1.165, 1.54) is 23.5 Å². The third-order valence-corrected chi connectivity index (χ3v) is 6.99. The van der Waals surface area contributed by atoms with Gasteiger partial charge in [0.05, 0.1) is 29.7 Å². The summed E-state index contributed by atoms with van der Waals surface area (Å²) >= 11 is 12.2. The highest BCUT2D eigenvalue weighted by atomic mass is 35.5. The number of nitrogens with zero attached hydrogens (tertiary/aromatic N) is 4. The number of rotatable bonds is 7. The van der Waals surface area contributed by atoms with Crippen LogP contribution in [0.3, 0.4) is 0 Å². The Balaban J connectivity index is 1.72. The summed E-state index contributed by atoms with van der Waals surface area (Å²) in [5.41, 5.74) is 0.236. The molecule has 4 heterocycles. The maximum atomic E-state index is 13.5. The summed E-state index contributed by atoms with van der Waals surface area (Å²) in [6.45, 7) is 4.06. The second kappa shape index (κ2) is 11.8. The Kier molecular flexibility index (Phi) is 8.20. The number of aromatic nitrogens is 3. The molecule has 12 heteroatoms. The van der Waals surface area contributed by atoms with Gasteiger partial charge in [0.15, 0.2) is 11.6 Å². The van der Waals surface area contributed by atoms with Crippen molar-refractivity contribution in [1.29, 1.82) is 0 Å². The number of fused-ring (bicyclic) bond motifs is 2. The van der Waals surface area contributed by atoms with E-state index < -0.39 is 18.0 Å². The van der Waals surface area contributed by atoms with Gasteiger partial charge in [-0.05, 0) is 63.1 Å². The second-order valence-corrected chi connectivity index (χ2v) is 10.1. The van der Waals surface area contributed by atoms with E-state index >= 15 is 0 Å². The quantitative estimate of drug-likeness (QED) is 0.236. The summed E-state index contributed by atoms with van der Waals surface area (Å²) in [4.78, 5) is 49.1. The Labute approximate surface area is 238 Å². The molecule has 40 heavy (non-hydrogen) atoms. The van der Waals surface area contributed by atoms with Crippen LogP contribution in [0.1, 0.15) is 37.0 Å². The predicted molar refractivity (Wildman–Crippen MR) is 149 cm³/mol. The molecule has 0 N–H and O–H groups in total.